The number of halogens is 2. The zero-order valence-electron chi connectivity index (χ0n) is 10.7. The molecule has 0 aliphatic heterocycles. The molecule has 1 aromatic carbocycles. The van der Waals surface area contributed by atoms with Gasteiger partial charge in [0.05, 0.1) is 12.6 Å². The van der Waals surface area contributed by atoms with Crippen molar-refractivity contribution in [1.82, 2.24) is 5.32 Å². The van der Waals surface area contributed by atoms with Crippen LogP contribution in [0.3, 0.4) is 0 Å². The molecule has 0 saturated carbocycles. The summed E-state index contributed by atoms with van der Waals surface area (Å²) in [6.07, 6.45) is 1.75. The van der Waals surface area contributed by atoms with Crippen LogP contribution in [0.4, 0.5) is 0 Å². The molecule has 0 fully saturated rings. The second-order valence-electron chi connectivity index (χ2n) is 4.47. The molecule has 0 spiro atoms. The van der Waals surface area contributed by atoms with Crippen LogP contribution in [0.2, 0.25) is 5.02 Å². The van der Waals surface area contributed by atoms with Crippen molar-refractivity contribution >= 4 is 29.9 Å². The van der Waals surface area contributed by atoms with Gasteiger partial charge in [-0.2, -0.15) is 0 Å². The Morgan fingerprint density at radius 2 is 2.37 bits per heavy atom. The summed E-state index contributed by atoms with van der Waals surface area (Å²) in [5.74, 6) is -0.185. The van der Waals surface area contributed by atoms with E-state index in [1.165, 1.54) is 7.11 Å². The molecule has 106 valence electrons. The zero-order chi connectivity index (χ0) is 13.1. The number of benzene rings is 1. The Kier molecular flexibility index (Phi) is 6.07. The largest absolute Gasteiger partial charge is 0.383 e. The molecule has 1 aliphatic rings. The maximum absolute atomic E-state index is 11.8. The van der Waals surface area contributed by atoms with E-state index in [0.29, 0.717) is 0 Å². The molecule has 4 nitrogen and oxygen atoms in total. The standard InChI is InChI=1S/C13H17ClN2O2.ClH/c1-18-7-11(15)13(17)16-12-6-5-8-9(12)3-2-4-10(8)14;/h2-4,11-12H,5-7,15H2,1H3,(H,16,17);1H. The molecule has 0 saturated heterocycles. The minimum atomic E-state index is -0.627. The normalized spacial score (nSPS) is 18.4. The third kappa shape index (κ3) is 3.60. The number of carbonyl (C=O) groups excluding carboxylic acids is 1. The molecule has 0 radical (unpaired) electrons. The number of fused-ring (bicyclic) bond motifs is 1. The fourth-order valence-corrected chi connectivity index (χ4v) is 2.57. The van der Waals surface area contributed by atoms with Crippen LogP contribution in [-0.2, 0) is 16.0 Å². The van der Waals surface area contributed by atoms with Crippen molar-refractivity contribution in [2.45, 2.75) is 24.9 Å². The maximum atomic E-state index is 11.8. The van der Waals surface area contributed by atoms with Gasteiger partial charge in [0.15, 0.2) is 0 Å². The predicted octanol–water partition coefficient (Wildman–Crippen LogP) is 1.84. The van der Waals surface area contributed by atoms with Crippen LogP contribution >= 0.6 is 24.0 Å². The molecule has 0 bridgehead atoms. The SMILES string of the molecule is COCC(N)C(=O)NC1CCc2c(Cl)cccc21.Cl. The van der Waals surface area contributed by atoms with E-state index in [1.54, 1.807) is 0 Å². The lowest BCUT2D eigenvalue weighted by Gasteiger charge is -2.17. The van der Waals surface area contributed by atoms with Gasteiger partial charge in [0, 0.05) is 12.1 Å². The molecule has 19 heavy (non-hydrogen) atoms. The highest BCUT2D eigenvalue weighted by Crippen LogP contribution is 2.35. The van der Waals surface area contributed by atoms with Crippen molar-refractivity contribution in [3.05, 3.63) is 34.3 Å². The lowest BCUT2D eigenvalue weighted by molar-refractivity contribution is -0.124. The number of methoxy groups -OCH3 is 1. The van der Waals surface area contributed by atoms with Gasteiger partial charge in [-0.25, -0.2) is 0 Å². The van der Waals surface area contributed by atoms with E-state index in [4.69, 9.17) is 22.1 Å². The lowest BCUT2D eigenvalue weighted by Crippen LogP contribution is -2.44. The van der Waals surface area contributed by atoms with Crippen molar-refractivity contribution in [3.63, 3.8) is 0 Å². The van der Waals surface area contributed by atoms with Gasteiger partial charge in [0.1, 0.15) is 6.04 Å². The number of nitrogens with one attached hydrogen (secondary N) is 1. The fraction of sp³-hybridized carbons (Fsp3) is 0.462. The van der Waals surface area contributed by atoms with E-state index in [9.17, 15) is 4.79 Å². The van der Waals surface area contributed by atoms with Crippen molar-refractivity contribution in [2.24, 2.45) is 5.73 Å². The summed E-state index contributed by atoms with van der Waals surface area (Å²) in [4.78, 5) is 11.8. The molecule has 1 amide bonds. The smallest absolute Gasteiger partial charge is 0.239 e. The van der Waals surface area contributed by atoms with E-state index in [-0.39, 0.29) is 31.0 Å². The van der Waals surface area contributed by atoms with Crippen molar-refractivity contribution in [3.8, 4) is 0 Å². The van der Waals surface area contributed by atoms with Gasteiger partial charge in [-0.05, 0) is 30.0 Å². The first-order valence-corrected chi connectivity index (χ1v) is 6.33. The van der Waals surface area contributed by atoms with Crippen LogP contribution in [-0.4, -0.2) is 25.7 Å². The second kappa shape index (κ2) is 7.10. The Balaban J connectivity index is 0.00000180. The highest BCUT2D eigenvalue weighted by molar-refractivity contribution is 6.31. The van der Waals surface area contributed by atoms with E-state index < -0.39 is 6.04 Å². The van der Waals surface area contributed by atoms with Crippen LogP contribution in [0, 0.1) is 0 Å². The average Bonchev–Trinajstić information content (AvgIpc) is 2.74. The van der Waals surface area contributed by atoms with Gasteiger partial charge < -0.3 is 15.8 Å². The quantitative estimate of drug-likeness (QED) is 0.892. The molecular formula is C13H18Cl2N2O2. The molecule has 6 heteroatoms. The highest BCUT2D eigenvalue weighted by atomic mass is 35.5. The van der Waals surface area contributed by atoms with Gasteiger partial charge >= 0.3 is 0 Å². The molecule has 0 aromatic heterocycles. The summed E-state index contributed by atoms with van der Waals surface area (Å²) in [5.41, 5.74) is 7.92. The number of hydrogen-bond donors (Lipinski definition) is 2. The first-order valence-electron chi connectivity index (χ1n) is 5.95. The minimum Gasteiger partial charge on any atom is -0.383 e. The minimum absolute atomic E-state index is 0. The first-order chi connectivity index (χ1) is 8.63. The van der Waals surface area contributed by atoms with E-state index in [1.807, 2.05) is 18.2 Å². The van der Waals surface area contributed by atoms with Gasteiger partial charge in [-0.1, -0.05) is 23.7 Å². The van der Waals surface area contributed by atoms with E-state index in [0.717, 1.165) is 29.0 Å². The molecule has 2 atom stereocenters. The van der Waals surface area contributed by atoms with Crippen molar-refractivity contribution < 1.29 is 9.53 Å². The Hall–Kier alpha value is -0.810. The number of nitrogens with two attached hydrogens (primary N) is 1. The van der Waals surface area contributed by atoms with Gasteiger partial charge in [-0.3, -0.25) is 4.79 Å². The fourth-order valence-electron chi connectivity index (χ4n) is 2.29. The summed E-state index contributed by atoms with van der Waals surface area (Å²) in [6.45, 7) is 0.223. The van der Waals surface area contributed by atoms with Crippen molar-refractivity contribution in [2.75, 3.05) is 13.7 Å². The van der Waals surface area contributed by atoms with E-state index in [2.05, 4.69) is 5.32 Å². The predicted molar refractivity (Wildman–Crippen MR) is 77.8 cm³/mol. The molecule has 2 rings (SSSR count). The topological polar surface area (TPSA) is 64.3 Å². The number of amides is 1. The molecular weight excluding hydrogens is 287 g/mol. The molecule has 2 unspecified atom stereocenters. The van der Waals surface area contributed by atoms with Crippen LogP contribution in [0.5, 0.6) is 0 Å². The number of carbonyl (C=O) groups is 1. The molecule has 1 aliphatic carbocycles. The van der Waals surface area contributed by atoms with Crippen LogP contribution in [0.15, 0.2) is 18.2 Å². The van der Waals surface area contributed by atoms with Crippen LogP contribution in [0.25, 0.3) is 0 Å². The average molecular weight is 305 g/mol. The molecule has 1 aromatic rings. The summed E-state index contributed by atoms with van der Waals surface area (Å²) in [7, 11) is 1.53. The number of hydrogen-bond acceptors (Lipinski definition) is 3. The Morgan fingerprint density at radius 1 is 1.63 bits per heavy atom. The zero-order valence-corrected chi connectivity index (χ0v) is 12.3. The number of rotatable bonds is 4. The van der Waals surface area contributed by atoms with Crippen molar-refractivity contribution in [1.29, 1.82) is 0 Å². The Bertz CT molecular complexity index is 454. The third-order valence-corrected chi connectivity index (χ3v) is 3.57. The Labute approximate surface area is 124 Å². The maximum Gasteiger partial charge on any atom is 0.239 e. The summed E-state index contributed by atoms with van der Waals surface area (Å²) in [6, 6.07) is 5.16. The van der Waals surface area contributed by atoms with Gasteiger partial charge in [0.25, 0.3) is 0 Å². The van der Waals surface area contributed by atoms with E-state index >= 15 is 0 Å². The third-order valence-electron chi connectivity index (χ3n) is 3.21. The van der Waals surface area contributed by atoms with Gasteiger partial charge in [-0.15, -0.1) is 12.4 Å². The van der Waals surface area contributed by atoms with Crippen LogP contribution in [0.1, 0.15) is 23.6 Å². The second-order valence-corrected chi connectivity index (χ2v) is 4.88. The first kappa shape index (κ1) is 16.2. The van der Waals surface area contributed by atoms with Crippen LogP contribution < -0.4 is 11.1 Å². The lowest BCUT2D eigenvalue weighted by atomic mass is 10.1. The summed E-state index contributed by atoms with van der Waals surface area (Å²) in [5, 5.41) is 3.71. The summed E-state index contributed by atoms with van der Waals surface area (Å²) < 4.78 is 4.87. The molecule has 0 heterocycles. The summed E-state index contributed by atoms with van der Waals surface area (Å²) >= 11 is 6.13. The Morgan fingerprint density at radius 3 is 3.05 bits per heavy atom. The van der Waals surface area contributed by atoms with Gasteiger partial charge in [0.2, 0.25) is 5.91 Å². The monoisotopic (exact) mass is 304 g/mol. The highest BCUT2D eigenvalue weighted by Gasteiger charge is 2.26. The number of ether oxygens (including phenoxy) is 1. The molecule has 3 N–H and O–H groups in total.